The van der Waals surface area contributed by atoms with E-state index in [-0.39, 0.29) is 0 Å². The van der Waals surface area contributed by atoms with Gasteiger partial charge in [-0.3, -0.25) is 0 Å². The Kier molecular flexibility index (Phi) is 4.14. The van der Waals surface area contributed by atoms with Crippen molar-refractivity contribution in [2.24, 2.45) is 11.3 Å². The summed E-state index contributed by atoms with van der Waals surface area (Å²) in [7, 11) is 0. The maximum absolute atomic E-state index is 9.50. The summed E-state index contributed by atoms with van der Waals surface area (Å²) in [5.74, 6) is 1.84. The van der Waals surface area contributed by atoms with E-state index < -0.39 is 6.10 Å². The molecular formula is C16H26N2O. The van der Waals surface area contributed by atoms with Crippen LogP contribution in [0.3, 0.4) is 0 Å². The fourth-order valence-electron chi connectivity index (χ4n) is 2.81. The molecule has 0 amide bonds. The monoisotopic (exact) mass is 262 g/mol. The number of aliphatic hydroxyl groups is 1. The second-order valence-corrected chi connectivity index (χ2v) is 6.75. The molecule has 0 spiro atoms. The van der Waals surface area contributed by atoms with Gasteiger partial charge in [0.2, 0.25) is 0 Å². The Labute approximate surface area is 116 Å². The Morgan fingerprint density at radius 2 is 1.89 bits per heavy atom. The maximum atomic E-state index is 9.50. The molecule has 3 heteroatoms. The third-order valence-electron chi connectivity index (χ3n) is 4.30. The van der Waals surface area contributed by atoms with Crippen LogP contribution in [0.5, 0.6) is 0 Å². The van der Waals surface area contributed by atoms with E-state index in [1.54, 1.807) is 13.1 Å². The van der Waals surface area contributed by atoms with Gasteiger partial charge in [0.1, 0.15) is 5.82 Å². The van der Waals surface area contributed by atoms with Crippen LogP contribution < -0.4 is 4.90 Å². The highest BCUT2D eigenvalue weighted by Gasteiger charge is 2.29. The van der Waals surface area contributed by atoms with E-state index in [4.69, 9.17) is 0 Å². The van der Waals surface area contributed by atoms with Crippen LogP contribution in [0.4, 0.5) is 5.82 Å². The molecule has 2 heterocycles. The molecule has 2 rings (SSSR count). The summed E-state index contributed by atoms with van der Waals surface area (Å²) in [6, 6.07) is 4.00. The lowest BCUT2D eigenvalue weighted by Gasteiger charge is -2.39. The van der Waals surface area contributed by atoms with Gasteiger partial charge in [-0.15, -0.1) is 0 Å². The molecule has 0 radical (unpaired) electrons. The number of hydrogen-bond donors (Lipinski definition) is 1. The molecule has 1 aromatic heterocycles. The van der Waals surface area contributed by atoms with Crippen LogP contribution in [0.1, 0.15) is 52.2 Å². The van der Waals surface area contributed by atoms with Crippen molar-refractivity contribution in [3.8, 4) is 0 Å². The molecule has 0 unspecified atom stereocenters. The first-order valence-electron chi connectivity index (χ1n) is 7.27. The predicted molar refractivity (Wildman–Crippen MR) is 79.3 cm³/mol. The number of rotatable bonds is 2. The van der Waals surface area contributed by atoms with E-state index in [2.05, 4.69) is 30.7 Å². The number of nitrogens with zero attached hydrogens (tertiary/aromatic N) is 2. The van der Waals surface area contributed by atoms with Crippen LogP contribution >= 0.6 is 0 Å². The van der Waals surface area contributed by atoms with Crippen LogP contribution in [-0.2, 0) is 0 Å². The predicted octanol–water partition coefficient (Wildman–Crippen LogP) is 3.40. The molecular weight excluding hydrogens is 236 g/mol. The summed E-state index contributed by atoms with van der Waals surface area (Å²) in [6.07, 6.45) is 3.83. The minimum Gasteiger partial charge on any atom is -0.389 e. The lowest BCUT2D eigenvalue weighted by atomic mass is 9.75. The second-order valence-electron chi connectivity index (χ2n) is 6.75. The zero-order valence-corrected chi connectivity index (χ0v) is 12.6. The Hall–Kier alpha value is -1.09. The van der Waals surface area contributed by atoms with Crippen molar-refractivity contribution >= 4 is 5.82 Å². The van der Waals surface area contributed by atoms with E-state index in [0.717, 1.165) is 30.4 Å². The van der Waals surface area contributed by atoms with E-state index in [1.807, 2.05) is 12.1 Å². The van der Waals surface area contributed by atoms with Crippen molar-refractivity contribution in [2.45, 2.75) is 46.6 Å². The van der Waals surface area contributed by atoms with Gasteiger partial charge in [0.25, 0.3) is 0 Å². The number of anilines is 1. The molecule has 1 N–H and O–H groups in total. The Balaban J connectivity index is 1.98. The van der Waals surface area contributed by atoms with Crippen molar-refractivity contribution in [2.75, 3.05) is 18.0 Å². The van der Waals surface area contributed by atoms with Gasteiger partial charge in [-0.2, -0.15) is 0 Å². The highest BCUT2D eigenvalue weighted by atomic mass is 16.3. The van der Waals surface area contributed by atoms with Gasteiger partial charge in [0.15, 0.2) is 0 Å². The zero-order valence-electron chi connectivity index (χ0n) is 12.6. The van der Waals surface area contributed by atoms with Gasteiger partial charge in [-0.1, -0.05) is 26.8 Å². The minimum absolute atomic E-state index is 0.412. The van der Waals surface area contributed by atoms with Gasteiger partial charge < -0.3 is 10.0 Å². The quantitative estimate of drug-likeness (QED) is 0.887. The van der Waals surface area contributed by atoms with Crippen LogP contribution in [0.25, 0.3) is 0 Å². The smallest absolute Gasteiger partial charge is 0.128 e. The van der Waals surface area contributed by atoms with Crippen molar-refractivity contribution in [3.05, 3.63) is 23.9 Å². The summed E-state index contributed by atoms with van der Waals surface area (Å²) in [4.78, 5) is 6.83. The van der Waals surface area contributed by atoms with Gasteiger partial charge in [-0.25, -0.2) is 4.98 Å². The Bertz CT molecular complexity index is 398. The minimum atomic E-state index is -0.437. The third-order valence-corrected chi connectivity index (χ3v) is 4.30. The Morgan fingerprint density at radius 3 is 2.32 bits per heavy atom. The first-order valence-corrected chi connectivity index (χ1v) is 7.27. The van der Waals surface area contributed by atoms with Crippen molar-refractivity contribution in [3.63, 3.8) is 0 Å². The molecule has 1 aliphatic heterocycles. The molecule has 0 aliphatic carbocycles. The normalized spacial score (nSPS) is 19.5. The molecule has 1 atom stereocenters. The highest BCUT2D eigenvalue weighted by Crippen LogP contribution is 2.35. The Morgan fingerprint density at radius 1 is 1.26 bits per heavy atom. The van der Waals surface area contributed by atoms with E-state index in [0.29, 0.717) is 5.41 Å². The van der Waals surface area contributed by atoms with E-state index in [1.165, 1.54) is 12.8 Å². The lowest BCUT2D eigenvalue weighted by Crippen LogP contribution is -2.38. The first-order chi connectivity index (χ1) is 8.88. The summed E-state index contributed by atoms with van der Waals surface area (Å²) in [5, 5.41) is 9.50. The van der Waals surface area contributed by atoms with Crippen LogP contribution in [0, 0.1) is 11.3 Å². The fraction of sp³-hybridized carbons (Fsp3) is 0.688. The third kappa shape index (κ3) is 3.47. The standard InChI is InChI=1S/C16H26N2O/c1-12(19)13-5-6-15(17-11-13)18-9-7-14(8-10-18)16(2,3)4/h5-6,11-12,14,19H,7-10H2,1-4H3/t12-/m0/s1. The molecule has 0 saturated carbocycles. The van der Waals surface area contributed by atoms with Gasteiger partial charge in [-0.05, 0) is 42.7 Å². The largest absolute Gasteiger partial charge is 0.389 e. The summed E-state index contributed by atoms with van der Waals surface area (Å²) in [5.41, 5.74) is 1.30. The number of aromatic nitrogens is 1. The molecule has 1 fully saturated rings. The van der Waals surface area contributed by atoms with Crippen LogP contribution in [0.15, 0.2) is 18.3 Å². The van der Waals surface area contributed by atoms with Crippen molar-refractivity contribution in [1.29, 1.82) is 0 Å². The maximum Gasteiger partial charge on any atom is 0.128 e. The zero-order chi connectivity index (χ0) is 14.0. The van der Waals surface area contributed by atoms with E-state index >= 15 is 0 Å². The first kappa shape index (κ1) is 14.3. The number of pyridine rings is 1. The average Bonchev–Trinajstić information content (AvgIpc) is 2.38. The van der Waals surface area contributed by atoms with E-state index in [9.17, 15) is 5.11 Å². The van der Waals surface area contributed by atoms with Crippen LogP contribution in [0.2, 0.25) is 0 Å². The number of hydrogen-bond acceptors (Lipinski definition) is 3. The van der Waals surface area contributed by atoms with Crippen molar-refractivity contribution in [1.82, 2.24) is 4.98 Å². The number of aliphatic hydroxyl groups excluding tert-OH is 1. The summed E-state index contributed by atoms with van der Waals surface area (Å²) in [6.45, 7) is 11.0. The molecule has 3 nitrogen and oxygen atoms in total. The molecule has 19 heavy (non-hydrogen) atoms. The van der Waals surface area contributed by atoms with Gasteiger partial charge in [0.05, 0.1) is 6.10 Å². The molecule has 1 aromatic rings. The van der Waals surface area contributed by atoms with Gasteiger partial charge in [0, 0.05) is 19.3 Å². The molecule has 1 aliphatic rings. The fourth-order valence-corrected chi connectivity index (χ4v) is 2.81. The lowest BCUT2D eigenvalue weighted by molar-refractivity contribution is 0.197. The summed E-state index contributed by atoms with van der Waals surface area (Å²) < 4.78 is 0. The second kappa shape index (κ2) is 5.49. The number of piperidine rings is 1. The highest BCUT2D eigenvalue weighted by molar-refractivity contribution is 5.40. The summed E-state index contributed by atoms with van der Waals surface area (Å²) >= 11 is 0. The molecule has 0 aromatic carbocycles. The van der Waals surface area contributed by atoms with Crippen molar-refractivity contribution < 1.29 is 5.11 Å². The van der Waals surface area contributed by atoms with Gasteiger partial charge >= 0.3 is 0 Å². The molecule has 106 valence electrons. The van der Waals surface area contributed by atoms with Crippen LogP contribution in [-0.4, -0.2) is 23.2 Å². The molecule has 0 bridgehead atoms. The molecule has 1 saturated heterocycles. The average molecular weight is 262 g/mol. The SMILES string of the molecule is C[C@H](O)c1ccc(N2CCC(C(C)(C)C)CC2)nc1. The topological polar surface area (TPSA) is 36.4 Å².